The third kappa shape index (κ3) is 2.80. The van der Waals surface area contributed by atoms with E-state index >= 15 is 0 Å². The molecule has 1 aromatic rings. The summed E-state index contributed by atoms with van der Waals surface area (Å²) in [6.07, 6.45) is 3.41. The predicted octanol–water partition coefficient (Wildman–Crippen LogP) is 1.83. The van der Waals surface area contributed by atoms with Gasteiger partial charge < -0.3 is 10.6 Å². The molecule has 18 heavy (non-hydrogen) atoms. The van der Waals surface area contributed by atoms with Gasteiger partial charge in [-0.2, -0.15) is 5.26 Å². The van der Waals surface area contributed by atoms with E-state index in [1.54, 1.807) is 0 Å². The van der Waals surface area contributed by atoms with Crippen LogP contribution in [0.3, 0.4) is 0 Å². The zero-order chi connectivity index (χ0) is 13.0. The van der Waals surface area contributed by atoms with E-state index in [-0.39, 0.29) is 0 Å². The van der Waals surface area contributed by atoms with Crippen LogP contribution < -0.4 is 10.6 Å². The molecule has 0 spiro atoms. The van der Waals surface area contributed by atoms with Crippen LogP contribution in [0.1, 0.15) is 30.5 Å². The first-order valence-electron chi connectivity index (χ1n) is 6.57. The summed E-state index contributed by atoms with van der Waals surface area (Å²) in [6.45, 7) is 4.70. The van der Waals surface area contributed by atoms with Crippen molar-refractivity contribution in [1.82, 2.24) is 4.98 Å². The number of nitrogens with zero attached hydrogens (tertiary/aromatic N) is 3. The second-order valence-corrected chi connectivity index (χ2v) is 4.94. The fourth-order valence-electron chi connectivity index (χ4n) is 2.54. The van der Waals surface area contributed by atoms with Crippen LogP contribution in [0, 0.1) is 24.2 Å². The number of pyridine rings is 1. The minimum atomic E-state index is 0.679. The van der Waals surface area contributed by atoms with Gasteiger partial charge >= 0.3 is 0 Å². The number of piperidine rings is 1. The second-order valence-electron chi connectivity index (χ2n) is 4.94. The molecule has 2 heterocycles. The van der Waals surface area contributed by atoms with Gasteiger partial charge in [0.25, 0.3) is 0 Å². The number of nitriles is 1. The Hall–Kier alpha value is -1.60. The first-order valence-corrected chi connectivity index (χ1v) is 6.57. The lowest BCUT2D eigenvalue weighted by Gasteiger charge is -2.33. The highest BCUT2D eigenvalue weighted by Gasteiger charge is 2.21. The number of rotatable bonds is 3. The predicted molar refractivity (Wildman–Crippen MR) is 72.3 cm³/mol. The molecule has 1 aliphatic heterocycles. The third-order valence-electron chi connectivity index (χ3n) is 3.62. The van der Waals surface area contributed by atoms with E-state index in [4.69, 9.17) is 11.0 Å². The molecule has 1 fully saturated rings. The standard InChI is InChI=1S/C14H20N4/c1-11-2-3-13(10-16)14(17-11)18-8-5-12(4-7-15)6-9-18/h2-3,12H,4-9,15H2,1H3. The van der Waals surface area contributed by atoms with Crippen LogP contribution >= 0.6 is 0 Å². The number of aryl methyl sites for hydroxylation is 1. The Morgan fingerprint density at radius 2 is 2.17 bits per heavy atom. The van der Waals surface area contributed by atoms with E-state index in [0.29, 0.717) is 5.56 Å². The first-order chi connectivity index (χ1) is 8.74. The van der Waals surface area contributed by atoms with Crippen molar-refractivity contribution in [2.45, 2.75) is 26.2 Å². The molecule has 4 nitrogen and oxygen atoms in total. The second kappa shape index (κ2) is 5.83. The Morgan fingerprint density at radius 1 is 1.44 bits per heavy atom. The summed E-state index contributed by atoms with van der Waals surface area (Å²) in [5, 5.41) is 9.14. The number of nitrogens with two attached hydrogens (primary N) is 1. The summed E-state index contributed by atoms with van der Waals surface area (Å²) in [4.78, 5) is 6.75. The summed E-state index contributed by atoms with van der Waals surface area (Å²) in [5.74, 6) is 1.59. The van der Waals surface area contributed by atoms with Gasteiger partial charge in [0.2, 0.25) is 0 Å². The molecule has 1 aromatic heterocycles. The molecule has 1 saturated heterocycles. The van der Waals surface area contributed by atoms with Crippen molar-refractivity contribution in [2.75, 3.05) is 24.5 Å². The Bertz CT molecular complexity index is 442. The third-order valence-corrected chi connectivity index (χ3v) is 3.62. The highest BCUT2D eigenvalue weighted by molar-refractivity contribution is 5.54. The zero-order valence-electron chi connectivity index (χ0n) is 10.9. The molecule has 2 N–H and O–H groups in total. The summed E-state index contributed by atoms with van der Waals surface area (Å²) < 4.78 is 0. The Kier molecular flexibility index (Phi) is 4.16. The molecule has 0 saturated carbocycles. The topological polar surface area (TPSA) is 65.9 Å². The van der Waals surface area contributed by atoms with E-state index in [9.17, 15) is 0 Å². The van der Waals surface area contributed by atoms with Crippen LogP contribution in [0.5, 0.6) is 0 Å². The number of hydrogen-bond donors (Lipinski definition) is 1. The number of aromatic nitrogens is 1. The van der Waals surface area contributed by atoms with E-state index in [1.165, 1.54) is 0 Å². The van der Waals surface area contributed by atoms with Crippen LogP contribution in [0.25, 0.3) is 0 Å². The normalized spacial score (nSPS) is 16.6. The first kappa shape index (κ1) is 12.8. The van der Waals surface area contributed by atoms with Crippen molar-refractivity contribution in [2.24, 2.45) is 11.7 Å². The monoisotopic (exact) mass is 244 g/mol. The molecule has 0 bridgehead atoms. The minimum Gasteiger partial charge on any atom is -0.355 e. The van der Waals surface area contributed by atoms with Crippen molar-refractivity contribution in [3.05, 3.63) is 23.4 Å². The summed E-state index contributed by atoms with van der Waals surface area (Å²) >= 11 is 0. The smallest absolute Gasteiger partial charge is 0.146 e. The Morgan fingerprint density at radius 3 is 2.78 bits per heavy atom. The van der Waals surface area contributed by atoms with Gasteiger partial charge in [-0.1, -0.05) is 0 Å². The van der Waals surface area contributed by atoms with Crippen LogP contribution in [-0.4, -0.2) is 24.6 Å². The van der Waals surface area contributed by atoms with Crippen molar-refractivity contribution < 1.29 is 0 Å². The number of hydrogen-bond acceptors (Lipinski definition) is 4. The van der Waals surface area contributed by atoms with Gasteiger partial charge in [-0.05, 0) is 50.8 Å². The van der Waals surface area contributed by atoms with E-state index in [1.807, 2.05) is 19.1 Å². The lowest BCUT2D eigenvalue weighted by molar-refractivity contribution is 0.385. The van der Waals surface area contributed by atoms with Gasteiger partial charge in [0, 0.05) is 18.8 Å². The molecule has 2 rings (SSSR count). The van der Waals surface area contributed by atoms with Crippen molar-refractivity contribution in [3.8, 4) is 6.07 Å². The molecular formula is C14H20N4. The van der Waals surface area contributed by atoms with Gasteiger partial charge in [0.05, 0.1) is 5.56 Å². The van der Waals surface area contributed by atoms with Gasteiger partial charge in [-0.25, -0.2) is 4.98 Å². The van der Waals surface area contributed by atoms with Gasteiger partial charge in [0.1, 0.15) is 11.9 Å². The molecule has 4 heteroatoms. The van der Waals surface area contributed by atoms with Crippen LogP contribution in [-0.2, 0) is 0 Å². The zero-order valence-corrected chi connectivity index (χ0v) is 10.9. The van der Waals surface area contributed by atoms with E-state index in [2.05, 4.69) is 16.0 Å². The summed E-state index contributed by atoms with van der Waals surface area (Å²) in [7, 11) is 0. The largest absolute Gasteiger partial charge is 0.355 e. The average Bonchev–Trinajstić information content (AvgIpc) is 2.40. The summed E-state index contributed by atoms with van der Waals surface area (Å²) in [6, 6.07) is 5.99. The maximum Gasteiger partial charge on any atom is 0.146 e. The average molecular weight is 244 g/mol. The van der Waals surface area contributed by atoms with Crippen LogP contribution in [0.4, 0.5) is 5.82 Å². The molecule has 0 aromatic carbocycles. The van der Waals surface area contributed by atoms with E-state index < -0.39 is 0 Å². The molecule has 0 amide bonds. The fourth-order valence-corrected chi connectivity index (χ4v) is 2.54. The lowest BCUT2D eigenvalue weighted by Crippen LogP contribution is -2.35. The highest BCUT2D eigenvalue weighted by atomic mass is 15.2. The summed E-state index contributed by atoms with van der Waals surface area (Å²) in [5.41, 5.74) is 7.25. The fraction of sp³-hybridized carbons (Fsp3) is 0.571. The van der Waals surface area contributed by atoms with Gasteiger partial charge in [0.15, 0.2) is 0 Å². The molecule has 96 valence electrons. The maximum atomic E-state index is 9.14. The molecule has 1 aliphatic rings. The molecule has 0 radical (unpaired) electrons. The molecular weight excluding hydrogens is 224 g/mol. The number of anilines is 1. The van der Waals surface area contributed by atoms with Crippen LogP contribution in [0.15, 0.2) is 12.1 Å². The SMILES string of the molecule is Cc1ccc(C#N)c(N2CCC(CCN)CC2)n1. The minimum absolute atomic E-state index is 0.679. The van der Waals surface area contributed by atoms with Gasteiger partial charge in [-0.15, -0.1) is 0 Å². The molecule has 0 atom stereocenters. The van der Waals surface area contributed by atoms with Crippen LogP contribution in [0.2, 0.25) is 0 Å². The Balaban J connectivity index is 2.10. The van der Waals surface area contributed by atoms with Crippen molar-refractivity contribution in [1.29, 1.82) is 5.26 Å². The lowest BCUT2D eigenvalue weighted by atomic mass is 9.93. The quantitative estimate of drug-likeness (QED) is 0.881. The Labute approximate surface area is 108 Å². The molecule has 0 aliphatic carbocycles. The van der Waals surface area contributed by atoms with Crippen molar-refractivity contribution >= 4 is 5.82 Å². The molecule has 0 unspecified atom stereocenters. The van der Waals surface area contributed by atoms with Gasteiger partial charge in [-0.3, -0.25) is 0 Å². The van der Waals surface area contributed by atoms with E-state index in [0.717, 1.165) is 56.3 Å². The van der Waals surface area contributed by atoms with Crippen molar-refractivity contribution in [3.63, 3.8) is 0 Å². The maximum absolute atomic E-state index is 9.14. The highest BCUT2D eigenvalue weighted by Crippen LogP contribution is 2.26.